The second-order valence-corrected chi connectivity index (χ2v) is 7.32. The summed E-state index contributed by atoms with van der Waals surface area (Å²) in [5.74, 6) is -0.384. The molecule has 1 aromatic heterocycles. The van der Waals surface area contributed by atoms with Gasteiger partial charge in [-0.15, -0.1) is 11.3 Å². The molecule has 0 aliphatic heterocycles. The Morgan fingerprint density at radius 2 is 2.10 bits per heavy atom. The van der Waals surface area contributed by atoms with Gasteiger partial charge >= 0.3 is 0 Å². The first kappa shape index (κ1) is 16.1. The number of halogens is 1. The van der Waals surface area contributed by atoms with Crippen LogP contribution < -0.4 is 10.0 Å². The third kappa shape index (κ3) is 3.88. The van der Waals surface area contributed by atoms with Crippen LogP contribution in [0.4, 0.5) is 4.39 Å². The number of benzene rings is 1. The Bertz CT molecular complexity index is 713. The molecule has 0 amide bonds. The fourth-order valence-corrected chi connectivity index (χ4v) is 4.69. The molecule has 2 rings (SSSR count). The van der Waals surface area contributed by atoms with Crippen molar-refractivity contribution in [1.82, 2.24) is 10.0 Å². The second-order valence-electron chi connectivity index (χ2n) is 4.64. The molecule has 0 fully saturated rings. The Kier molecular flexibility index (Phi) is 5.10. The average molecular weight is 328 g/mol. The van der Waals surface area contributed by atoms with Crippen LogP contribution in [0, 0.1) is 5.82 Å². The lowest BCUT2D eigenvalue weighted by molar-refractivity contribution is 0.563. The zero-order chi connectivity index (χ0) is 15.5. The molecule has 2 aromatic rings. The van der Waals surface area contributed by atoms with Crippen molar-refractivity contribution in [3.8, 4) is 0 Å². The summed E-state index contributed by atoms with van der Waals surface area (Å²) in [6.45, 7) is 2.18. The Hall–Kier alpha value is -1.28. The molecule has 1 unspecified atom stereocenters. The van der Waals surface area contributed by atoms with E-state index in [1.807, 2.05) is 0 Å². The Labute approximate surface area is 128 Å². The Morgan fingerprint density at radius 3 is 2.76 bits per heavy atom. The van der Waals surface area contributed by atoms with E-state index in [0.29, 0.717) is 12.1 Å². The zero-order valence-corrected chi connectivity index (χ0v) is 13.4. The highest BCUT2D eigenvalue weighted by molar-refractivity contribution is 7.89. The van der Waals surface area contributed by atoms with Gasteiger partial charge in [0.15, 0.2) is 0 Å². The predicted octanol–water partition coefficient (Wildman–Crippen LogP) is 2.65. The minimum atomic E-state index is -3.63. The highest BCUT2D eigenvalue weighted by Crippen LogP contribution is 2.24. The van der Waals surface area contributed by atoms with Gasteiger partial charge in [0, 0.05) is 17.5 Å². The molecular formula is C14H17FN2O2S2. The van der Waals surface area contributed by atoms with Gasteiger partial charge in [-0.3, -0.25) is 0 Å². The van der Waals surface area contributed by atoms with Gasteiger partial charge in [0.05, 0.1) is 4.90 Å². The van der Waals surface area contributed by atoms with E-state index in [0.717, 1.165) is 4.88 Å². The summed E-state index contributed by atoms with van der Waals surface area (Å²) in [6, 6.07) is 6.99. The Morgan fingerprint density at radius 1 is 1.33 bits per heavy atom. The maximum atomic E-state index is 13.2. The number of hydrogen-bond acceptors (Lipinski definition) is 4. The van der Waals surface area contributed by atoms with Crippen LogP contribution in [0.1, 0.15) is 23.4 Å². The predicted molar refractivity (Wildman–Crippen MR) is 82.2 cm³/mol. The van der Waals surface area contributed by atoms with E-state index in [9.17, 15) is 12.8 Å². The van der Waals surface area contributed by atoms with Crippen molar-refractivity contribution >= 4 is 21.4 Å². The van der Waals surface area contributed by atoms with Crippen molar-refractivity contribution in [3.63, 3.8) is 0 Å². The van der Waals surface area contributed by atoms with E-state index >= 15 is 0 Å². The summed E-state index contributed by atoms with van der Waals surface area (Å²) in [5, 5.41) is 4.69. The van der Waals surface area contributed by atoms with Crippen LogP contribution in [0.3, 0.4) is 0 Å². The van der Waals surface area contributed by atoms with Crippen LogP contribution in [0.15, 0.2) is 40.6 Å². The molecule has 7 heteroatoms. The molecule has 1 atom stereocenters. The number of sulfonamides is 1. The summed E-state index contributed by atoms with van der Waals surface area (Å²) < 4.78 is 40.7. The van der Waals surface area contributed by atoms with E-state index < -0.39 is 16.1 Å². The van der Waals surface area contributed by atoms with Crippen LogP contribution in [0.25, 0.3) is 0 Å². The maximum absolute atomic E-state index is 13.2. The summed E-state index contributed by atoms with van der Waals surface area (Å²) in [4.78, 5) is 1.02. The second kappa shape index (κ2) is 6.65. The van der Waals surface area contributed by atoms with E-state index in [2.05, 4.69) is 10.0 Å². The maximum Gasteiger partial charge on any atom is 0.242 e. The van der Waals surface area contributed by atoms with Crippen LogP contribution >= 0.6 is 11.3 Å². The topological polar surface area (TPSA) is 58.2 Å². The minimum Gasteiger partial charge on any atom is -0.315 e. The van der Waals surface area contributed by atoms with E-state index in [1.54, 1.807) is 37.6 Å². The van der Waals surface area contributed by atoms with Gasteiger partial charge < -0.3 is 5.32 Å². The van der Waals surface area contributed by atoms with Crippen molar-refractivity contribution in [3.05, 3.63) is 52.0 Å². The molecule has 0 bridgehead atoms. The lowest BCUT2D eigenvalue weighted by Gasteiger charge is -2.15. The Balaban J connectivity index is 2.23. The number of thiophene rings is 1. The molecule has 0 saturated heterocycles. The molecule has 0 aliphatic carbocycles. The molecule has 2 N–H and O–H groups in total. The van der Waals surface area contributed by atoms with Gasteiger partial charge in [-0.25, -0.2) is 17.5 Å². The molecule has 0 saturated carbocycles. The summed E-state index contributed by atoms with van der Waals surface area (Å²) in [5.41, 5.74) is 0.587. The van der Waals surface area contributed by atoms with Gasteiger partial charge in [-0.2, -0.15) is 0 Å². The van der Waals surface area contributed by atoms with Crippen LogP contribution in [0.2, 0.25) is 0 Å². The van der Waals surface area contributed by atoms with Crippen molar-refractivity contribution < 1.29 is 12.8 Å². The molecule has 1 aromatic carbocycles. The normalized spacial score (nSPS) is 13.3. The molecular weight excluding hydrogens is 311 g/mol. The highest BCUT2D eigenvalue weighted by atomic mass is 32.2. The lowest BCUT2D eigenvalue weighted by Crippen LogP contribution is -2.27. The smallest absolute Gasteiger partial charge is 0.242 e. The summed E-state index contributed by atoms with van der Waals surface area (Å²) in [6.07, 6.45) is 0. The fourth-order valence-electron chi connectivity index (χ4n) is 2.00. The van der Waals surface area contributed by atoms with Gasteiger partial charge in [0.1, 0.15) is 5.82 Å². The molecule has 1 heterocycles. The monoisotopic (exact) mass is 328 g/mol. The first-order chi connectivity index (χ1) is 9.94. The van der Waals surface area contributed by atoms with Gasteiger partial charge in [-0.1, -0.05) is 12.1 Å². The minimum absolute atomic E-state index is 0.269. The highest BCUT2D eigenvalue weighted by Gasteiger charge is 2.22. The van der Waals surface area contributed by atoms with Gasteiger partial charge in [-0.05, 0) is 43.1 Å². The fraction of sp³-hybridized carbons (Fsp3) is 0.286. The van der Waals surface area contributed by atoms with Crippen molar-refractivity contribution in [2.75, 3.05) is 7.05 Å². The third-order valence-corrected chi connectivity index (χ3v) is 5.69. The molecule has 114 valence electrons. The van der Waals surface area contributed by atoms with Crippen molar-refractivity contribution in [2.24, 2.45) is 0 Å². The van der Waals surface area contributed by atoms with E-state index in [1.165, 1.54) is 23.5 Å². The number of rotatable bonds is 6. The van der Waals surface area contributed by atoms with Crippen molar-refractivity contribution in [1.29, 1.82) is 0 Å². The van der Waals surface area contributed by atoms with Gasteiger partial charge in [0.25, 0.3) is 0 Å². The largest absolute Gasteiger partial charge is 0.315 e. The quantitative estimate of drug-likeness (QED) is 0.857. The van der Waals surface area contributed by atoms with E-state index in [-0.39, 0.29) is 10.7 Å². The zero-order valence-electron chi connectivity index (χ0n) is 11.8. The van der Waals surface area contributed by atoms with Crippen LogP contribution in [-0.4, -0.2) is 15.5 Å². The molecule has 21 heavy (non-hydrogen) atoms. The molecule has 0 spiro atoms. The molecule has 4 nitrogen and oxygen atoms in total. The average Bonchev–Trinajstić information content (AvgIpc) is 2.88. The lowest BCUT2D eigenvalue weighted by atomic mass is 10.1. The van der Waals surface area contributed by atoms with Gasteiger partial charge in [0.2, 0.25) is 10.0 Å². The summed E-state index contributed by atoms with van der Waals surface area (Å²) >= 11 is 1.38. The number of hydrogen-bond donors (Lipinski definition) is 2. The van der Waals surface area contributed by atoms with Crippen LogP contribution in [0.5, 0.6) is 0 Å². The third-order valence-electron chi connectivity index (χ3n) is 3.01. The number of nitrogens with one attached hydrogen (secondary N) is 2. The molecule has 0 aliphatic rings. The standard InChI is InChI=1S/C14H17FN2O2S2/c1-10(11-4-3-5-12(15)8-11)17-21(18,19)14-6-7-20-13(14)9-16-2/h3-8,10,16-17H,9H2,1-2H3. The first-order valence-electron chi connectivity index (χ1n) is 6.43. The molecule has 0 radical (unpaired) electrons. The van der Waals surface area contributed by atoms with Crippen molar-refractivity contribution in [2.45, 2.75) is 24.4 Å². The summed E-state index contributed by atoms with van der Waals surface area (Å²) in [7, 11) is -1.87. The van der Waals surface area contributed by atoms with Crippen LogP contribution in [-0.2, 0) is 16.6 Å². The van der Waals surface area contributed by atoms with E-state index in [4.69, 9.17) is 0 Å². The first-order valence-corrected chi connectivity index (χ1v) is 8.79. The SMILES string of the molecule is CNCc1sccc1S(=O)(=O)NC(C)c1cccc(F)c1.